The zero-order chi connectivity index (χ0) is 14.5. The first-order valence-corrected chi connectivity index (χ1v) is 8.57. The Hall–Kier alpha value is -1.06. The second-order valence-electron chi connectivity index (χ2n) is 6.27. The maximum Gasteiger partial charge on any atom is 0.0669 e. The number of ether oxygens (including phenoxy) is 1. The average molecular weight is 288 g/mol. The predicted molar refractivity (Wildman–Crippen MR) is 87.9 cm³/mol. The molecule has 1 N–H and O–H groups in total. The molecule has 2 atom stereocenters. The number of fused-ring (bicyclic) bond motifs is 1. The van der Waals surface area contributed by atoms with Crippen molar-refractivity contribution in [3.63, 3.8) is 0 Å². The second kappa shape index (κ2) is 7.28. The Balaban J connectivity index is 1.84. The lowest BCUT2D eigenvalue weighted by molar-refractivity contribution is 0.0792. The number of benzene rings is 1. The monoisotopic (exact) mass is 288 g/mol. The first kappa shape index (κ1) is 14.9. The van der Waals surface area contributed by atoms with Crippen LogP contribution >= 0.6 is 0 Å². The quantitative estimate of drug-likeness (QED) is 0.917. The molecule has 3 rings (SSSR count). The van der Waals surface area contributed by atoms with Crippen LogP contribution in [-0.4, -0.2) is 32.3 Å². The van der Waals surface area contributed by atoms with Gasteiger partial charge in [-0.15, -0.1) is 0 Å². The summed E-state index contributed by atoms with van der Waals surface area (Å²) in [6.07, 6.45) is 6.15. The van der Waals surface area contributed by atoms with Crippen LogP contribution in [0.1, 0.15) is 50.6 Å². The predicted octanol–water partition coefficient (Wildman–Crippen LogP) is 3.51. The van der Waals surface area contributed by atoms with Crippen LogP contribution in [0.4, 0.5) is 5.69 Å². The fourth-order valence-corrected chi connectivity index (χ4v) is 3.66. The van der Waals surface area contributed by atoms with Crippen LogP contribution in [0.3, 0.4) is 0 Å². The van der Waals surface area contributed by atoms with E-state index >= 15 is 0 Å². The summed E-state index contributed by atoms with van der Waals surface area (Å²) in [5, 5.41) is 3.73. The van der Waals surface area contributed by atoms with Crippen LogP contribution in [0.25, 0.3) is 0 Å². The molecule has 1 fully saturated rings. The Kier molecular flexibility index (Phi) is 5.15. The Morgan fingerprint density at radius 1 is 1.24 bits per heavy atom. The highest BCUT2D eigenvalue weighted by molar-refractivity contribution is 5.56. The van der Waals surface area contributed by atoms with Crippen LogP contribution < -0.4 is 10.2 Å². The second-order valence-corrected chi connectivity index (χ2v) is 6.27. The summed E-state index contributed by atoms with van der Waals surface area (Å²) in [5.74, 6) is 0. The fourth-order valence-electron chi connectivity index (χ4n) is 3.66. The zero-order valence-corrected chi connectivity index (χ0v) is 13.2. The molecule has 3 nitrogen and oxygen atoms in total. The van der Waals surface area contributed by atoms with E-state index in [1.54, 1.807) is 0 Å². The molecule has 0 saturated carbocycles. The third-order valence-electron chi connectivity index (χ3n) is 4.73. The van der Waals surface area contributed by atoms with E-state index < -0.39 is 0 Å². The molecule has 0 amide bonds. The van der Waals surface area contributed by atoms with E-state index in [1.807, 2.05) is 0 Å². The van der Waals surface area contributed by atoms with Crippen LogP contribution in [-0.2, 0) is 4.74 Å². The minimum absolute atomic E-state index is 0.510. The third kappa shape index (κ3) is 3.41. The van der Waals surface area contributed by atoms with Crippen molar-refractivity contribution < 1.29 is 4.74 Å². The minimum Gasteiger partial charge on any atom is -0.379 e. The third-order valence-corrected chi connectivity index (χ3v) is 4.73. The standard InChI is InChI=1S/C18H28N2O/c1-2-11-19-17-9-5-12-20(15-7-6-13-21-14-15)18-10-4-3-8-16(17)18/h3-4,8,10,15,17,19H,2,5-7,9,11-14H2,1H3. The van der Waals surface area contributed by atoms with E-state index in [1.165, 1.54) is 43.4 Å². The van der Waals surface area contributed by atoms with Crippen LogP contribution in [0.15, 0.2) is 24.3 Å². The number of anilines is 1. The summed E-state index contributed by atoms with van der Waals surface area (Å²) in [5.41, 5.74) is 2.91. The van der Waals surface area contributed by atoms with Crippen molar-refractivity contribution in [3.05, 3.63) is 29.8 Å². The van der Waals surface area contributed by atoms with Gasteiger partial charge in [-0.1, -0.05) is 25.1 Å². The largest absolute Gasteiger partial charge is 0.379 e. The normalized spacial score (nSPS) is 26.2. The topological polar surface area (TPSA) is 24.5 Å². The Labute approximate surface area is 128 Å². The number of rotatable bonds is 4. The molecule has 2 aliphatic rings. The molecule has 116 valence electrons. The molecule has 1 aromatic carbocycles. The summed E-state index contributed by atoms with van der Waals surface area (Å²) in [4.78, 5) is 2.61. The zero-order valence-electron chi connectivity index (χ0n) is 13.2. The van der Waals surface area contributed by atoms with Gasteiger partial charge in [0.2, 0.25) is 0 Å². The van der Waals surface area contributed by atoms with Gasteiger partial charge in [0.1, 0.15) is 0 Å². The molecule has 0 spiro atoms. The van der Waals surface area contributed by atoms with Crippen LogP contribution in [0.2, 0.25) is 0 Å². The highest BCUT2D eigenvalue weighted by atomic mass is 16.5. The molecule has 3 heteroatoms. The van der Waals surface area contributed by atoms with Gasteiger partial charge in [0, 0.05) is 24.9 Å². The highest BCUT2D eigenvalue weighted by Gasteiger charge is 2.28. The van der Waals surface area contributed by atoms with E-state index in [0.717, 1.165) is 26.3 Å². The van der Waals surface area contributed by atoms with Crippen molar-refractivity contribution >= 4 is 5.69 Å². The number of nitrogens with one attached hydrogen (secondary N) is 1. The van der Waals surface area contributed by atoms with E-state index in [2.05, 4.69) is 41.4 Å². The molecule has 0 bridgehead atoms. The smallest absolute Gasteiger partial charge is 0.0669 e. The molecule has 0 radical (unpaired) electrons. The highest BCUT2D eigenvalue weighted by Crippen LogP contribution is 2.35. The van der Waals surface area contributed by atoms with Crippen molar-refractivity contribution in [2.45, 2.75) is 51.1 Å². The van der Waals surface area contributed by atoms with E-state index in [9.17, 15) is 0 Å². The lowest BCUT2D eigenvalue weighted by atomic mass is 10.0. The van der Waals surface area contributed by atoms with Gasteiger partial charge < -0.3 is 15.0 Å². The molecule has 2 unspecified atom stereocenters. The molecule has 1 saturated heterocycles. The summed E-state index contributed by atoms with van der Waals surface area (Å²) < 4.78 is 5.73. The molecule has 1 aromatic rings. The maximum atomic E-state index is 5.73. The van der Waals surface area contributed by atoms with Crippen molar-refractivity contribution in [2.75, 3.05) is 31.2 Å². The Bertz CT molecular complexity index is 443. The molecule has 2 aliphatic heterocycles. The Morgan fingerprint density at radius 3 is 2.95 bits per heavy atom. The first-order chi connectivity index (χ1) is 10.4. The summed E-state index contributed by atoms with van der Waals surface area (Å²) >= 11 is 0. The maximum absolute atomic E-state index is 5.73. The van der Waals surface area contributed by atoms with Gasteiger partial charge in [-0.25, -0.2) is 0 Å². The van der Waals surface area contributed by atoms with Gasteiger partial charge in [-0.3, -0.25) is 0 Å². The average Bonchev–Trinajstić information content (AvgIpc) is 2.73. The van der Waals surface area contributed by atoms with Crippen LogP contribution in [0, 0.1) is 0 Å². The molecular weight excluding hydrogens is 260 g/mol. The fraction of sp³-hybridized carbons (Fsp3) is 0.667. The lowest BCUT2D eigenvalue weighted by Crippen LogP contribution is -2.41. The van der Waals surface area contributed by atoms with Gasteiger partial charge in [-0.05, 0) is 50.3 Å². The number of nitrogens with zero attached hydrogens (tertiary/aromatic N) is 1. The summed E-state index contributed by atoms with van der Waals surface area (Å²) in [6.45, 7) is 6.33. The van der Waals surface area contributed by atoms with Crippen molar-refractivity contribution in [2.24, 2.45) is 0 Å². The number of hydrogen-bond donors (Lipinski definition) is 1. The van der Waals surface area contributed by atoms with Gasteiger partial charge in [0.05, 0.1) is 12.6 Å². The van der Waals surface area contributed by atoms with Gasteiger partial charge >= 0.3 is 0 Å². The lowest BCUT2D eigenvalue weighted by Gasteiger charge is -2.36. The van der Waals surface area contributed by atoms with E-state index in [4.69, 9.17) is 4.74 Å². The SMILES string of the molecule is CCCNC1CCCN(C2CCCOC2)c2ccccc21. The summed E-state index contributed by atoms with van der Waals surface area (Å²) in [6, 6.07) is 10.0. The van der Waals surface area contributed by atoms with E-state index in [0.29, 0.717) is 12.1 Å². The molecule has 21 heavy (non-hydrogen) atoms. The van der Waals surface area contributed by atoms with Gasteiger partial charge in [0.25, 0.3) is 0 Å². The summed E-state index contributed by atoms with van der Waals surface area (Å²) in [7, 11) is 0. The molecule has 2 heterocycles. The number of para-hydroxylation sites is 1. The first-order valence-electron chi connectivity index (χ1n) is 8.57. The van der Waals surface area contributed by atoms with Crippen molar-refractivity contribution in [1.29, 1.82) is 0 Å². The van der Waals surface area contributed by atoms with Crippen molar-refractivity contribution in [3.8, 4) is 0 Å². The van der Waals surface area contributed by atoms with E-state index in [-0.39, 0.29) is 0 Å². The van der Waals surface area contributed by atoms with Crippen LogP contribution in [0.5, 0.6) is 0 Å². The number of hydrogen-bond acceptors (Lipinski definition) is 3. The minimum atomic E-state index is 0.510. The van der Waals surface area contributed by atoms with Crippen molar-refractivity contribution in [1.82, 2.24) is 5.32 Å². The molecular formula is C18H28N2O. The Morgan fingerprint density at radius 2 is 2.14 bits per heavy atom. The molecule has 0 aliphatic carbocycles. The molecule has 0 aromatic heterocycles. The van der Waals surface area contributed by atoms with Gasteiger partial charge in [-0.2, -0.15) is 0 Å². The van der Waals surface area contributed by atoms with Gasteiger partial charge in [0.15, 0.2) is 0 Å².